The molecule has 8 nitrogen and oxygen atoms in total. The first kappa shape index (κ1) is 31.0. The molecule has 0 unspecified atom stereocenters. The molecule has 0 aromatic heterocycles. The molecule has 40 heavy (non-hydrogen) atoms. The van der Waals surface area contributed by atoms with E-state index in [2.05, 4.69) is 5.32 Å². The number of aryl methyl sites for hydroxylation is 1. The number of nitrogens with one attached hydrogen (secondary N) is 1. The lowest BCUT2D eigenvalue weighted by Crippen LogP contribution is -2.54. The van der Waals surface area contributed by atoms with Gasteiger partial charge < -0.3 is 15.0 Å². The maximum Gasteiger partial charge on any atom is 0.264 e. The highest BCUT2D eigenvalue weighted by molar-refractivity contribution is 7.92. The summed E-state index contributed by atoms with van der Waals surface area (Å²) in [5, 5.41) is 3.39. The van der Waals surface area contributed by atoms with Crippen molar-refractivity contribution < 1.29 is 22.7 Å². The molecule has 1 N–H and O–H groups in total. The number of sulfonamides is 1. The molecule has 0 aliphatic rings. The van der Waals surface area contributed by atoms with Gasteiger partial charge in [-0.3, -0.25) is 13.9 Å². The Balaban J connectivity index is 2.08. The van der Waals surface area contributed by atoms with Gasteiger partial charge in [0.2, 0.25) is 11.8 Å². The molecule has 2 amide bonds. The predicted molar refractivity (Wildman–Crippen MR) is 158 cm³/mol. The van der Waals surface area contributed by atoms with E-state index in [1.165, 1.54) is 24.1 Å². The number of hydrogen-bond donors (Lipinski definition) is 1. The first-order valence-electron chi connectivity index (χ1n) is 12.8. The number of methoxy groups -OCH3 is 1. The molecule has 0 radical (unpaired) electrons. The number of para-hydroxylation sites is 2. The van der Waals surface area contributed by atoms with Crippen molar-refractivity contribution in [3.05, 3.63) is 88.9 Å². The second kappa shape index (κ2) is 12.7. The van der Waals surface area contributed by atoms with E-state index in [1.807, 2.05) is 27.7 Å². The fourth-order valence-corrected chi connectivity index (χ4v) is 5.71. The number of anilines is 1. The molecule has 1 atom stereocenters. The largest absolute Gasteiger partial charge is 0.495 e. The molecule has 0 heterocycles. The van der Waals surface area contributed by atoms with Gasteiger partial charge in [-0.05, 0) is 76.6 Å². The van der Waals surface area contributed by atoms with Gasteiger partial charge in [0.05, 0.1) is 17.7 Å². The number of nitrogens with zero attached hydrogens (tertiary/aromatic N) is 2. The molecule has 3 rings (SSSR count). The maximum atomic E-state index is 14.0. The molecule has 214 valence electrons. The molecule has 10 heteroatoms. The number of halogens is 1. The number of ether oxygens (including phenoxy) is 1. The summed E-state index contributed by atoms with van der Waals surface area (Å²) in [6.07, 6.45) is 0. The summed E-state index contributed by atoms with van der Waals surface area (Å²) in [6.45, 7) is 8.49. The Morgan fingerprint density at radius 2 is 1.65 bits per heavy atom. The van der Waals surface area contributed by atoms with Gasteiger partial charge in [-0.25, -0.2) is 8.42 Å². The van der Waals surface area contributed by atoms with Crippen LogP contribution in [0.2, 0.25) is 5.02 Å². The van der Waals surface area contributed by atoms with Gasteiger partial charge in [0, 0.05) is 17.1 Å². The highest BCUT2D eigenvalue weighted by Gasteiger charge is 2.34. The fourth-order valence-electron chi connectivity index (χ4n) is 4.08. The lowest BCUT2D eigenvalue weighted by atomic mass is 10.1. The van der Waals surface area contributed by atoms with Crippen molar-refractivity contribution in [3.8, 4) is 5.75 Å². The minimum Gasteiger partial charge on any atom is -0.495 e. The molecule has 0 spiro atoms. The van der Waals surface area contributed by atoms with Gasteiger partial charge in [-0.15, -0.1) is 0 Å². The van der Waals surface area contributed by atoms with E-state index in [0.29, 0.717) is 10.6 Å². The lowest BCUT2D eigenvalue weighted by molar-refractivity contribution is -0.140. The zero-order valence-corrected chi connectivity index (χ0v) is 25.2. The number of carbonyl (C=O) groups is 2. The molecule has 0 aliphatic carbocycles. The number of amides is 2. The summed E-state index contributed by atoms with van der Waals surface area (Å²) in [5.41, 5.74) is 1.26. The Labute approximate surface area is 241 Å². The van der Waals surface area contributed by atoms with E-state index in [9.17, 15) is 18.0 Å². The minimum absolute atomic E-state index is 0.0247. The van der Waals surface area contributed by atoms with E-state index in [1.54, 1.807) is 67.6 Å². The average Bonchev–Trinajstić information content (AvgIpc) is 2.89. The minimum atomic E-state index is -4.20. The Hall–Kier alpha value is -3.56. The van der Waals surface area contributed by atoms with Crippen molar-refractivity contribution >= 4 is 39.1 Å². The van der Waals surface area contributed by atoms with Gasteiger partial charge in [-0.2, -0.15) is 0 Å². The van der Waals surface area contributed by atoms with Crippen LogP contribution in [-0.4, -0.2) is 50.4 Å². The Kier molecular flexibility index (Phi) is 9.87. The first-order valence-corrected chi connectivity index (χ1v) is 14.6. The molecular weight excluding hydrogens is 550 g/mol. The van der Waals surface area contributed by atoms with Crippen molar-refractivity contribution in [2.24, 2.45) is 0 Å². The summed E-state index contributed by atoms with van der Waals surface area (Å²) >= 11 is 6.19. The zero-order chi connectivity index (χ0) is 29.7. The first-order chi connectivity index (χ1) is 18.7. The van der Waals surface area contributed by atoms with Crippen LogP contribution in [0.1, 0.15) is 38.8 Å². The second-order valence-electron chi connectivity index (χ2n) is 10.6. The Morgan fingerprint density at radius 1 is 1.00 bits per heavy atom. The monoisotopic (exact) mass is 585 g/mol. The smallest absolute Gasteiger partial charge is 0.264 e. The van der Waals surface area contributed by atoms with E-state index < -0.39 is 34.1 Å². The molecule has 0 saturated carbocycles. The number of rotatable bonds is 10. The van der Waals surface area contributed by atoms with Crippen LogP contribution >= 0.6 is 11.6 Å². The number of carbonyl (C=O) groups excluding carboxylic acids is 2. The highest BCUT2D eigenvalue weighted by atomic mass is 35.5. The van der Waals surface area contributed by atoms with Gasteiger partial charge in [-0.1, -0.05) is 53.6 Å². The van der Waals surface area contributed by atoms with E-state index in [-0.39, 0.29) is 28.8 Å². The maximum absolute atomic E-state index is 14.0. The molecule has 3 aromatic carbocycles. The second-order valence-corrected chi connectivity index (χ2v) is 12.9. The normalized spacial score (nSPS) is 12.4. The predicted octanol–water partition coefficient (Wildman–Crippen LogP) is 5.18. The van der Waals surface area contributed by atoms with Crippen molar-refractivity contribution in [1.82, 2.24) is 10.2 Å². The number of hydrogen-bond acceptors (Lipinski definition) is 5. The summed E-state index contributed by atoms with van der Waals surface area (Å²) in [4.78, 5) is 28.6. The quantitative estimate of drug-likeness (QED) is 0.353. The van der Waals surface area contributed by atoms with Gasteiger partial charge >= 0.3 is 0 Å². The molecule has 0 saturated heterocycles. The highest BCUT2D eigenvalue weighted by Crippen LogP contribution is 2.32. The zero-order valence-electron chi connectivity index (χ0n) is 23.6. The molecule has 0 bridgehead atoms. The molecule has 0 aliphatic heterocycles. The third kappa shape index (κ3) is 7.76. The number of benzene rings is 3. The van der Waals surface area contributed by atoms with Crippen LogP contribution in [0.25, 0.3) is 0 Å². The standard InChI is InChI=1S/C30H36ClN3O5S/c1-21-14-16-25(17-15-21)40(37,38)34(26-12-7-8-13-27(26)39-6)20-28(35)33(19-23-10-9-11-24(31)18-23)22(2)29(36)32-30(3,4)5/h7-18,22H,19-20H2,1-6H3,(H,32,36)/t22-/m1/s1. The SMILES string of the molecule is COc1ccccc1N(CC(=O)N(Cc1cccc(Cl)c1)[C@H](C)C(=O)NC(C)(C)C)S(=O)(=O)c1ccc(C)cc1. The summed E-state index contributed by atoms with van der Waals surface area (Å²) in [6, 6.07) is 19.0. The third-order valence-corrected chi connectivity index (χ3v) is 8.16. The topological polar surface area (TPSA) is 96.0 Å². The van der Waals surface area contributed by atoms with E-state index in [0.717, 1.165) is 9.87 Å². The van der Waals surface area contributed by atoms with Crippen molar-refractivity contribution in [2.45, 2.75) is 57.6 Å². The molecule has 0 fully saturated rings. The molecular formula is C30H36ClN3O5S. The summed E-state index contributed by atoms with van der Waals surface area (Å²) in [5.74, 6) is -0.655. The van der Waals surface area contributed by atoms with Crippen molar-refractivity contribution in [2.75, 3.05) is 18.0 Å². The van der Waals surface area contributed by atoms with Crippen LogP contribution in [0.5, 0.6) is 5.75 Å². The van der Waals surface area contributed by atoms with Crippen LogP contribution in [0.4, 0.5) is 5.69 Å². The summed E-state index contributed by atoms with van der Waals surface area (Å²) in [7, 11) is -2.77. The van der Waals surface area contributed by atoms with E-state index in [4.69, 9.17) is 16.3 Å². The van der Waals surface area contributed by atoms with Gasteiger partial charge in [0.1, 0.15) is 18.3 Å². The van der Waals surface area contributed by atoms with Crippen molar-refractivity contribution in [1.29, 1.82) is 0 Å². The van der Waals surface area contributed by atoms with Crippen LogP contribution in [0.15, 0.2) is 77.7 Å². The van der Waals surface area contributed by atoms with Gasteiger partial charge in [0.15, 0.2) is 0 Å². The van der Waals surface area contributed by atoms with Crippen LogP contribution in [0.3, 0.4) is 0 Å². The van der Waals surface area contributed by atoms with Crippen LogP contribution < -0.4 is 14.4 Å². The lowest BCUT2D eigenvalue weighted by Gasteiger charge is -2.33. The fraction of sp³-hybridized carbons (Fsp3) is 0.333. The average molecular weight is 586 g/mol. The van der Waals surface area contributed by atoms with Crippen molar-refractivity contribution in [3.63, 3.8) is 0 Å². The molecule has 3 aromatic rings. The third-order valence-electron chi connectivity index (χ3n) is 6.15. The Bertz CT molecular complexity index is 1450. The van der Waals surface area contributed by atoms with Crippen LogP contribution in [-0.2, 0) is 26.2 Å². The van der Waals surface area contributed by atoms with Gasteiger partial charge in [0.25, 0.3) is 10.0 Å². The summed E-state index contributed by atoms with van der Waals surface area (Å²) < 4.78 is 34.4. The van der Waals surface area contributed by atoms with Crippen LogP contribution in [0, 0.1) is 6.92 Å². The Morgan fingerprint density at radius 3 is 2.25 bits per heavy atom. The van der Waals surface area contributed by atoms with E-state index >= 15 is 0 Å².